The first kappa shape index (κ1) is 11.2. The summed E-state index contributed by atoms with van der Waals surface area (Å²) in [5.41, 5.74) is 2.92. The number of hydrogen-bond acceptors (Lipinski definition) is 2. The standard InChI is InChI=1S/C15H10BrNO/c16-13-9-5-4-8-12(13)15-14(17-10-18-15)11-6-2-1-3-7-11/h1-10H. The molecule has 0 fully saturated rings. The predicted octanol–water partition coefficient (Wildman–Crippen LogP) is 4.77. The Kier molecular flexibility index (Phi) is 2.99. The maximum atomic E-state index is 5.54. The molecule has 0 N–H and O–H groups in total. The quantitative estimate of drug-likeness (QED) is 0.681. The second-order valence-corrected chi connectivity index (χ2v) is 4.73. The lowest BCUT2D eigenvalue weighted by atomic mass is 10.1. The minimum absolute atomic E-state index is 0.786. The van der Waals surface area contributed by atoms with Crippen LogP contribution in [0.1, 0.15) is 0 Å². The van der Waals surface area contributed by atoms with Gasteiger partial charge in [0.1, 0.15) is 5.69 Å². The second-order valence-electron chi connectivity index (χ2n) is 3.88. The van der Waals surface area contributed by atoms with E-state index in [9.17, 15) is 0 Å². The summed E-state index contributed by atoms with van der Waals surface area (Å²) in [6.07, 6.45) is 1.48. The van der Waals surface area contributed by atoms with Gasteiger partial charge in [0.25, 0.3) is 0 Å². The molecular weight excluding hydrogens is 290 g/mol. The van der Waals surface area contributed by atoms with Gasteiger partial charge in [-0.3, -0.25) is 0 Å². The second kappa shape index (κ2) is 4.78. The van der Waals surface area contributed by atoms with Crippen molar-refractivity contribution in [2.45, 2.75) is 0 Å². The van der Waals surface area contributed by atoms with Crippen LogP contribution in [0.4, 0.5) is 0 Å². The van der Waals surface area contributed by atoms with Crippen LogP contribution in [0.25, 0.3) is 22.6 Å². The molecule has 18 heavy (non-hydrogen) atoms. The van der Waals surface area contributed by atoms with E-state index in [1.165, 1.54) is 6.39 Å². The van der Waals surface area contributed by atoms with Gasteiger partial charge in [-0.2, -0.15) is 0 Å². The van der Waals surface area contributed by atoms with Crippen molar-refractivity contribution in [1.82, 2.24) is 4.98 Å². The Bertz CT molecular complexity index is 661. The highest BCUT2D eigenvalue weighted by molar-refractivity contribution is 9.10. The predicted molar refractivity (Wildman–Crippen MR) is 75.1 cm³/mol. The van der Waals surface area contributed by atoms with Gasteiger partial charge < -0.3 is 4.42 Å². The van der Waals surface area contributed by atoms with Crippen LogP contribution in [0.2, 0.25) is 0 Å². The van der Waals surface area contributed by atoms with Gasteiger partial charge in [0, 0.05) is 15.6 Å². The molecule has 0 atom stereocenters. The molecule has 0 bridgehead atoms. The van der Waals surface area contributed by atoms with Crippen LogP contribution in [0, 0.1) is 0 Å². The van der Waals surface area contributed by atoms with E-state index >= 15 is 0 Å². The molecule has 2 nitrogen and oxygen atoms in total. The van der Waals surface area contributed by atoms with Crippen molar-refractivity contribution in [3.05, 3.63) is 65.5 Å². The molecule has 1 aromatic heterocycles. The number of halogens is 1. The monoisotopic (exact) mass is 299 g/mol. The van der Waals surface area contributed by atoms with Gasteiger partial charge in [0.2, 0.25) is 0 Å². The van der Waals surface area contributed by atoms with Crippen molar-refractivity contribution in [2.24, 2.45) is 0 Å². The summed E-state index contributed by atoms with van der Waals surface area (Å²) in [5.74, 6) is 0.786. The number of hydrogen-bond donors (Lipinski definition) is 0. The van der Waals surface area contributed by atoms with Gasteiger partial charge in [0.05, 0.1) is 0 Å². The van der Waals surface area contributed by atoms with E-state index in [0.29, 0.717) is 0 Å². The third kappa shape index (κ3) is 1.97. The first-order valence-corrected chi connectivity index (χ1v) is 6.39. The molecular formula is C15H10BrNO. The van der Waals surface area contributed by atoms with E-state index in [1.54, 1.807) is 0 Å². The van der Waals surface area contributed by atoms with Gasteiger partial charge in [-0.05, 0) is 6.07 Å². The van der Waals surface area contributed by atoms with Crippen LogP contribution >= 0.6 is 15.9 Å². The van der Waals surface area contributed by atoms with E-state index in [1.807, 2.05) is 54.6 Å². The zero-order chi connectivity index (χ0) is 12.4. The van der Waals surface area contributed by atoms with E-state index in [4.69, 9.17) is 4.42 Å². The topological polar surface area (TPSA) is 26.0 Å². The summed E-state index contributed by atoms with van der Waals surface area (Å²) in [6.45, 7) is 0. The Labute approximate surface area is 113 Å². The first-order chi connectivity index (χ1) is 8.86. The highest BCUT2D eigenvalue weighted by Gasteiger charge is 2.14. The summed E-state index contributed by atoms with van der Waals surface area (Å²) < 4.78 is 6.54. The Hall–Kier alpha value is -1.87. The lowest BCUT2D eigenvalue weighted by Gasteiger charge is -2.03. The number of nitrogens with zero attached hydrogens (tertiary/aromatic N) is 1. The highest BCUT2D eigenvalue weighted by atomic mass is 79.9. The van der Waals surface area contributed by atoms with Crippen molar-refractivity contribution < 1.29 is 4.42 Å². The van der Waals surface area contributed by atoms with E-state index in [-0.39, 0.29) is 0 Å². The van der Waals surface area contributed by atoms with Gasteiger partial charge in [-0.1, -0.05) is 64.5 Å². The molecule has 0 aliphatic rings. The molecule has 3 heteroatoms. The van der Waals surface area contributed by atoms with Gasteiger partial charge >= 0.3 is 0 Å². The molecule has 3 rings (SSSR count). The molecule has 1 heterocycles. The van der Waals surface area contributed by atoms with Gasteiger partial charge in [-0.25, -0.2) is 4.98 Å². The average molecular weight is 300 g/mol. The zero-order valence-electron chi connectivity index (χ0n) is 9.51. The van der Waals surface area contributed by atoms with Crippen LogP contribution in [0.3, 0.4) is 0 Å². The van der Waals surface area contributed by atoms with E-state index in [0.717, 1.165) is 27.1 Å². The summed E-state index contributed by atoms with van der Waals surface area (Å²) in [4.78, 5) is 4.32. The highest BCUT2D eigenvalue weighted by Crippen LogP contribution is 2.34. The molecule has 0 aliphatic heterocycles. The molecule has 0 spiro atoms. The third-order valence-electron chi connectivity index (χ3n) is 2.73. The van der Waals surface area contributed by atoms with Gasteiger partial charge in [-0.15, -0.1) is 0 Å². The molecule has 88 valence electrons. The number of benzene rings is 2. The normalized spacial score (nSPS) is 10.5. The van der Waals surface area contributed by atoms with Crippen LogP contribution in [0.5, 0.6) is 0 Å². The number of rotatable bonds is 2. The zero-order valence-corrected chi connectivity index (χ0v) is 11.1. The van der Waals surface area contributed by atoms with Crippen molar-refractivity contribution >= 4 is 15.9 Å². The summed E-state index contributed by atoms with van der Waals surface area (Å²) in [6, 6.07) is 18.0. The summed E-state index contributed by atoms with van der Waals surface area (Å²) in [7, 11) is 0. The molecule has 0 saturated carbocycles. The van der Waals surface area contributed by atoms with Crippen molar-refractivity contribution in [3.8, 4) is 22.6 Å². The molecule has 3 aromatic rings. The third-order valence-corrected chi connectivity index (χ3v) is 3.42. The van der Waals surface area contributed by atoms with Gasteiger partial charge in [0.15, 0.2) is 12.2 Å². The Morgan fingerprint density at radius 3 is 2.39 bits per heavy atom. The van der Waals surface area contributed by atoms with Crippen molar-refractivity contribution in [3.63, 3.8) is 0 Å². The Morgan fingerprint density at radius 1 is 0.889 bits per heavy atom. The van der Waals surface area contributed by atoms with Crippen LogP contribution in [-0.2, 0) is 0 Å². The minimum atomic E-state index is 0.786. The van der Waals surface area contributed by atoms with Crippen molar-refractivity contribution in [2.75, 3.05) is 0 Å². The molecule has 0 radical (unpaired) electrons. The largest absolute Gasteiger partial charge is 0.443 e. The smallest absolute Gasteiger partial charge is 0.182 e. The van der Waals surface area contributed by atoms with Crippen LogP contribution in [0.15, 0.2) is 69.9 Å². The lowest BCUT2D eigenvalue weighted by molar-refractivity contribution is 0.572. The summed E-state index contributed by atoms with van der Waals surface area (Å²) in [5, 5.41) is 0. The first-order valence-electron chi connectivity index (χ1n) is 5.60. The minimum Gasteiger partial charge on any atom is -0.443 e. The molecule has 2 aromatic carbocycles. The fourth-order valence-corrected chi connectivity index (χ4v) is 2.35. The van der Waals surface area contributed by atoms with E-state index in [2.05, 4.69) is 20.9 Å². The van der Waals surface area contributed by atoms with E-state index < -0.39 is 0 Å². The molecule has 0 amide bonds. The fourth-order valence-electron chi connectivity index (χ4n) is 1.88. The maximum Gasteiger partial charge on any atom is 0.182 e. The maximum absolute atomic E-state index is 5.54. The van der Waals surface area contributed by atoms with Crippen molar-refractivity contribution in [1.29, 1.82) is 0 Å². The Balaban J connectivity index is 2.16. The lowest BCUT2D eigenvalue weighted by Crippen LogP contribution is -1.83. The summed E-state index contributed by atoms with van der Waals surface area (Å²) >= 11 is 3.54. The number of aromatic nitrogens is 1. The SMILES string of the molecule is Brc1ccccc1-c1ocnc1-c1ccccc1. The Morgan fingerprint density at radius 2 is 1.61 bits per heavy atom. The molecule has 0 saturated heterocycles. The van der Waals surface area contributed by atoms with Crippen LogP contribution < -0.4 is 0 Å². The number of oxazole rings is 1. The van der Waals surface area contributed by atoms with Crippen LogP contribution in [-0.4, -0.2) is 4.98 Å². The molecule has 0 aliphatic carbocycles. The fraction of sp³-hybridized carbons (Fsp3) is 0. The molecule has 0 unspecified atom stereocenters. The average Bonchev–Trinajstić information content (AvgIpc) is 2.89.